The lowest BCUT2D eigenvalue weighted by molar-refractivity contribution is 0.287. The fourth-order valence-corrected chi connectivity index (χ4v) is 2.58. The van der Waals surface area contributed by atoms with Gasteiger partial charge in [-0.1, -0.05) is 38.1 Å². The van der Waals surface area contributed by atoms with Gasteiger partial charge in [-0.3, -0.25) is 0 Å². The van der Waals surface area contributed by atoms with Gasteiger partial charge in [0.15, 0.2) is 0 Å². The Bertz CT molecular complexity index is 504. The molecule has 2 aromatic carbocycles. The van der Waals surface area contributed by atoms with Crippen molar-refractivity contribution in [3.05, 3.63) is 59.7 Å². The zero-order valence-corrected chi connectivity index (χ0v) is 15.1. The Morgan fingerprint density at radius 1 is 0.542 bits per heavy atom. The van der Waals surface area contributed by atoms with E-state index in [1.807, 2.05) is 0 Å². The molecule has 130 valence electrons. The van der Waals surface area contributed by atoms with E-state index in [1.54, 1.807) is 0 Å². The Hall–Kier alpha value is -1.96. The highest BCUT2D eigenvalue weighted by Crippen LogP contribution is 2.14. The highest BCUT2D eigenvalue weighted by molar-refractivity contribution is 5.27. The molecule has 2 heteroatoms. The van der Waals surface area contributed by atoms with Crippen molar-refractivity contribution in [2.75, 3.05) is 13.2 Å². The zero-order chi connectivity index (χ0) is 17.0. The number of ether oxygens (including phenoxy) is 2. The van der Waals surface area contributed by atoms with Gasteiger partial charge in [0.1, 0.15) is 11.5 Å². The van der Waals surface area contributed by atoms with E-state index in [9.17, 15) is 0 Å². The topological polar surface area (TPSA) is 18.5 Å². The second kappa shape index (κ2) is 10.7. The molecule has 0 N–H and O–H groups in total. The van der Waals surface area contributed by atoms with Gasteiger partial charge in [-0.15, -0.1) is 0 Å². The monoisotopic (exact) mass is 326 g/mol. The first-order valence-corrected chi connectivity index (χ1v) is 9.25. The van der Waals surface area contributed by atoms with Crippen LogP contribution in [0.15, 0.2) is 48.5 Å². The maximum absolute atomic E-state index is 5.77. The van der Waals surface area contributed by atoms with E-state index in [0.717, 1.165) is 50.4 Å². The first kappa shape index (κ1) is 18.4. The van der Waals surface area contributed by atoms with E-state index in [2.05, 4.69) is 62.4 Å². The van der Waals surface area contributed by atoms with Gasteiger partial charge in [0.2, 0.25) is 0 Å². The van der Waals surface area contributed by atoms with Crippen molar-refractivity contribution in [2.24, 2.45) is 0 Å². The Labute approximate surface area is 146 Å². The molecule has 0 saturated carbocycles. The van der Waals surface area contributed by atoms with Crippen LogP contribution in [0.5, 0.6) is 11.5 Å². The minimum atomic E-state index is 0.796. The smallest absolute Gasteiger partial charge is 0.119 e. The van der Waals surface area contributed by atoms with Crippen LogP contribution in [0.3, 0.4) is 0 Å². The molecule has 0 unspecified atom stereocenters. The molecule has 0 radical (unpaired) electrons. The van der Waals surface area contributed by atoms with Crippen molar-refractivity contribution in [2.45, 2.75) is 52.4 Å². The Kier molecular flexibility index (Phi) is 8.23. The summed E-state index contributed by atoms with van der Waals surface area (Å²) < 4.78 is 11.5. The molecule has 0 aliphatic heterocycles. The summed E-state index contributed by atoms with van der Waals surface area (Å²) in [6.45, 7) is 5.93. The van der Waals surface area contributed by atoms with Crippen LogP contribution < -0.4 is 9.47 Å². The molecule has 0 heterocycles. The quantitative estimate of drug-likeness (QED) is 0.484. The summed E-state index contributed by atoms with van der Waals surface area (Å²) in [7, 11) is 0. The molecule has 0 fully saturated rings. The summed E-state index contributed by atoms with van der Waals surface area (Å²) in [6.07, 6.45) is 6.72. The van der Waals surface area contributed by atoms with Gasteiger partial charge in [0, 0.05) is 0 Å². The summed E-state index contributed by atoms with van der Waals surface area (Å²) in [5, 5.41) is 0. The van der Waals surface area contributed by atoms with Crippen molar-refractivity contribution in [1.29, 1.82) is 0 Å². The van der Waals surface area contributed by atoms with Gasteiger partial charge >= 0.3 is 0 Å². The summed E-state index contributed by atoms with van der Waals surface area (Å²) >= 11 is 0. The lowest BCUT2D eigenvalue weighted by Crippen LogP contribution is -2.00. The van der Waals surface area contributed by atoms with E-state index >= 15 is 0 Å². The second-order valence-electron chi connectivity index (χ2n) is 6.11. The highest BCUT2D eigenvalue weighted by atomic mass is 16.5. The lowest BCUT2D eigenvalue weighted by Gasteiger charge is -2.08. The third kappa shape index (κ3) is 6.66. The largest absolute Gasteiger partial charge is 0.494 e. The molecule has 0 saturated heterocycles. The van der Waals surface area contributed by atoms with Gasteiger partial charge in [0.25, 0.3) is 0 Å². The number of hydrogen-bond donors (Lipinski definition) is 0. The van der Waals surface area contributed by atoms with Crippen molar-refractivity contribution < 1.29 is 9.47 Å². The van der Waals surface area contributed by atoms with Gasteiger partial charge in [0.05, 0.1) is 13.2 Å². The molecule has 2 rings (SSSR count). The molecule has 0 atom stereocenters. The SMILES string of the molecule is CCc1ccc(OCCCCCCOc2ccc(CC)cc2)cc1. The van der Waals surface area contributed by atoms with E-state index in [1.165, 1.54) is 24.0 Å². The molecule has 2 nitrogen and oxygen atoms in total. The normalized spacial score (nSPS) is 10.6. The first-order chi connectivity index (χ1) is 11.8. The molecule has 0 aliphatic rings. The molecule has 0 bridgehead atoms. The van der Waals surface area contributed by atoms with Crippen LogP contribution in [0.1, 0.15) is 50.7 Å². The Balaban J connectivity index is 1.48. The summed E-state index contributed by atoms with van der Waals surface area (Å²) in [5.41, 5.74) is 2.71. The molecular weight excluding hydrogens is 296 g/mol. The minimum absolute atomic E-state index is 0.796. The standard InChI is InChI=1S/C22H30O2/c1-3-19-9-13-21(14-10-19)23-17-7-5-6-8-18-24-22-15-11-20(4-2)12-16-22/h9-16H,3-8,17-18H2,1-2H3. The summed E-state index contributed by atoms with van der Waals surface area (Å²) in [5.74, 6) is 1.96. The second-order valence-corrected chi connectivity index (χ2v) is 6.11. The number of hydrogen-bond acceptors (Lipinski definition) is 2. The molecule has 24 heavy (non-hydrogen) atoms. The highest BCUT2D eigenvalue weighted by Gasteiger charge is 1.97. The van der Waals surface area contributed by atoms with Crippen molar-refractivity contribution in [3.8, 4) is 11.5 Å². The summed E-state index contributed by atoms with van der Waals surface area (Å²) in [4.78, 5) is 0. The van der Waals surface area contributed by atoms with Crippen LogP contribution in [-0.4, -0.2) is 13.2 Å². The van der Waals surface area contributed by atoms with Crippen LogP contribution >= 0.6 is 0 Å². The van der Waals surface area contributed by atoms with Crippen molar-refractivity contribution in [1.82, 2.24) is 0 Å². The number of unbranched alkanes of at least 4 members (excludes halogenated alkanes) is 3. The maximum atomic E-state index is 5.77. The predicted molar refractivity (Wildman–Crippen MR) is 101 cm³/mol. The molecule has 0 spiro atoms. The van der Waals surface area contributed by atoms with Gasteiger partial charge in [-0.2, -0.15) is 0 Å². The predicted octanol–water partition coefficient (Wildman–Crippen LogP) is 5.83. The molecule has 0 amide bonds. The Morgan fingerprint density at radius 2 is 0.917 bits per heavy atom. The van der Waals surface area contributed by atoms with Crippen LogP contribution in [0.2, 0.25) is 0 Å². The molecule has 0 aromatic heterocycles. The van der Waals surface area contributed by atoms with E-state index in [-0.39, 0.29) is 0 Å². The van der Waals surface area contributed by atoms with Crippen LogP contribution in [-0.2, 0) is 12.8 Å². The van der Waals surface area contributed by atoms with Gasteiger partial charge in [-0.05, 0) is 73.9 Å². The fourth-order valence-electron chi connectivity index (χ4n) is 2.58. The summed E-state index contributed by atoms with van der Waals surface area (Å²) in [6, 6.07) is 16.8. The first-order valence-electron chi connectivity index (χ1n) is 9.25. The number of benzene rings is 2. The average Bonchev–Trinajstić information content (AvgIpc) is 2.65. The number of rotatable bonds is 11. The third-order valence-corrected chi connectivity index (χ3v) is 4.24. The maximum Gasteiger partial charge on any atom is 0.119 e. The fraction of sp³-hybridized carbons (Fsp3) is 0.455. The van der Waals surface area contributed by atoms with Gasteiger partial charge < -0.3 is 9.47 Å². The molecule has 2 aromatic rings. The van der Waals surface area contributed by atoms with Crippen LogP contribution in [0.25, 0.3) is 0 Å². The van der Waals surface area contributed by atoms with Crippen LogP contribution in [0.4, 0.5) is 0 Å². The van der Waals surface area contributed by atoms with E-state index in [0.29, 0.717) is 0 Å². The van der Waals surface area contributed by atoms with Crippen molar-refractivity contribution in [3.63, 3.8) is 0 Å². The van der Waals surface area contributed by atoms with E-state index in [4.69, 9.17) is 9.47 Å². The van der Waals surface area contributed by atoms with Gasteiger partial charge in [-0.25, -0.2) is 0 Å². The zero-order valence-electron chi connectivity index (χ0n) is 15.1. The average molecular weight is 326 g/mol. The third-order valence-electron chi connectivity index (χ3n) is 4.24. The van der Waals surface area contributed by atoms with E-state index < -0.39 is 0 Å². The molecule has 0 aliphatic carbocycles. The van der Waals surface area contributed by atoms with Crippen molar-refractivity contribution >= 4 is 0 Å². The Morgan fingerprint density at radius 3 is 1.25 bits per heavy atom. The van der Waals surface area contributed by atoms with Crippen LogP contribution in [0, 0.1) is 0 Å². The lowest BCUT2D eigenvalue weighted by atomic mass is 10.2. The number of aryl methyl sites for hydroxylation is 2. The minimum Gasteiger partial charge on any atom is -0.494 e. The molecular formula is C22H30O2.